The van der Waals surface area contributed by atoms with E-state index in [1.54, 1.807) is 24.5 Å². The van der Waals surface area contributed by atoms with Crippen LogP contribution in [-0.4, -0.2) is 22.3 Å². The smallest absolute Gasteiger partial charge is 0.251 e. The van der Waals surface area contributed by atoms with Gasteiger partial charge in [-0.3, -0.25) is 9.78 Å². The predicted octanol–water partition coefficient (Wildman–Crippen LogP) is 1.98. The zero-order valence-electron chi connectivity index (χ0n) is 8.03. The summed E-state index contributed by atoms with van der Waals surface area (Å²) in [6.07, 6.45) is 4.22. The highest BCUT2D eigenvalue weighted by atomic mass is 79.9. The van der Waals surface area contributed by atoms with Crippen LogP contribution in [0.15, 0.2) is 24.5 Å². The molecule has 0 saturated heterocycles. The van der Waals surface area contributed by atoms with E-state index in [-0.39, 0.29) is 5.91 Å². The second-order valence-corrected chi connectivity index (χ2v) is 4.25. The van der Waals surface area contributed by atoms with Crippen molar-refractivity contribution >= 4 is 21.8 Å². The van der Waals surface area contributed by atoms with Crippen LogP contribution >= 0.6 is 15.9 Å². The molecule has 3 nitrogen and oxygen atoms in total. The summed E-state index contributed by atoms with van der Waals surface area (Å²) in [5, 5.41) is 2.84. The fourth-order valence-electron chi connectivity index (χ4n) is 0.953. The normalized spacial score (nSPS) is 12.1. The third kappa shape index (κ3) is 3.46. The number of nitrogens with one attached hydrogen (secondary N) is 1. The number of hydrogen-bond donors (Lipinski definition) is 1. The minimum atomic E-state index is -0.0506. The molecular formula is C10H13BrN2O. The molecule has 0 aliphatic heterocycles. The lowest BCUT2D eigenvalue weighted by atomic mass is 10.2. The molecule has 1 aromatic heterocycles. The van der Waals surface area contributed by atoms with Crippen molar-refractivity contribution in [1.29, 1.82) is 0 Å². The van der Waals surface area contributed by atoms with Crippen molar-refractivity contribution in [3.8, 4) is 0 Å². The molecule has 1 N–H and O–H groups in total. The second-order valence-electron chi connectivity index (χ2n) is 2.95. The van der Waals surface area contributed by atoms with E-state index in [1.165, 1.54) is 0 Å². The lowest BCUT2D eigenvalue weighted by molar-refractivity contribution is 0.0953. The molecule has 0 aliphatic rings. The maximum atomic E-state index is 11.5. The average molecular weight is 257 g/mol. The number of carbonyl (C=O) groups excluding carboxylic acids is 1. The number of halogens is 1. The molecule has 14 heavy (non-hydrogen) atoms. The summed E-state index contributed by atoms with van der Waals surface area (Å²) >= 11 is 3.45. The molecule has 0 bridgehead atoms. The van der Waals surface area contributed by atoms with Crippen molar-refractivity contribution in [2.45, 2.75) is 18.2 Å². The first-order valence-corrected chi connectivity index (χ1v) is 5.48. The van der Waals surface area contributed by atoms with E-state index in [0.29, 0.717) is 16.9 Å². The third-order valence-electron chi connectivity index (χ3n) is 1.87. The van der Waals surface area contributed by atoms with Crippen LogP contribution in [0.4, 0.5) is 0 Å². The SMILES string of the molecule is CCC(Br)CNC(=O)c1ccncc1. The molecule has 1 rings (SSSR count). The predicted molar refractivity (Wildman–Crippen MR) is 59.6 cm³/mol. The Bertz CT molecular complexity index is 289. The van der Waals surface area contributed by atoms with Crippen LogP contribution in [0.25, 0.3) is 0 Å². The van der Waals surface area contributed by atoms with E-state index >= 15 is 0 Å². The summed E-state index contributed by atoms with van der Waals surface area (Å²) in [5.74, 6) is -0.0506. The number of carbonyl (C=O) groups is 1. The first-order chi connectivity index (χ1) is 6.74. The number of nitrogens with zero attached hydrogens (tertiary/aromatic N) is 1. The Hall–Kier alpha value is -0.900. The third-order valence-corrected chi connectivity index (χ3v) is 2.84. The Balaban J connectivity index is 2.44. The van der Waals surface area contributed by atoms with E-state index in [4.69, 9.17) is 0 Å². The maximum absolute atomic E-state index is 11.5. The summed E-state index contributed by atoms with van der Waals surface area (Å²) in [4.78, 5) is 15.7. The summed E-state index contributed by atoms with van der Waals surface area (Å²) in [7, 11) is 0. The van der Waals surface area contributed by atoms with Crippen LogP contribution in [0.5, 0.6) is 0 Å². The Morgan fingerprint density at radius 1 is 1.57 bits per heavy atom. The molecule has 1 heterocycles. The molecule has 0 saturated carbocycles. The van der Waals surface area contributed by atoms with Crippen molar-refractivity contribution in [2.24, 2.45) is 0 Å². The molecule has 1 amide bonds. The maximum Gasteiger partial charge on any atom is 0.251 e. The number of alkyl halides is 1. The molecule has 76 valence electrons. The molecule has 0 radical (unpaired) electrons. The number of amides is 1. The molecule has 1 aromatic rings. The molecule has 0 spiro atoms. The van der Waals surface area contributed by atoms with Crippen molar-refractivity contribution in [3.63, 3.8) is 0 Å². The van der Waals surface area contributed by atoms with Gasteiger partial charge in [0.1, 0.15) is 0 Å². The van der Waals surface area contributed by atoms with Gasteiger partial charge in [0.05, 0.1) is 0 Å². The second kappa shape index (κ2) is 5.75. The van der Waals surface area contributed by atoms with Crippen LogP contribution in [0.1, 0.15) is 23.7 Å². The molecular weight excluding hydrogens is 244 g/mol. The van der Waals surface area contributed by atoms with Gasteiger partial charge in [-0.05, 0) is 18.6 Å². The monoisotopic (exact) mass is 256 g/mol. The first-order valence-electron chi connectivity index (χ1n) is 4.56. The van der Waals surface area contributed by atoms with Gasteiger partial charge in [-0.25, -0.2) is 0 Å². The summed E-state index contributed by atoms with van der Waals surface area (Å²) in [5.41, 5.74) is 0.649. The number of pyridine rings is 1. The minimum absolute atomic E-state index is 0.0506. The van der Waals surface area contributed by atoms with Crippen LogP contribution in [0, 0.1) is 0 Å². The number of rotatable bonds is 4. The lowest BCUT2D eigenvalue weighted by Gasteiger charge is -2.08. The molecule has 0 fully saturated rings. The lowest BCUT2D eigenvalue weighted by Crippen LogP contribution is -2.29. The molecule has 4 heteroatoms. The highest BCUT2D eigenvalue weighted by Gasteiger charge is 2.06. The van der Waals surface area contributed by atoms with Crippen LogP contribution in [0.2, 0.25) is 0 Å². The average Bonchev–Trinajstić information content (AvgIpc) is 2.26. The topological polar surface area (TPSA) is 42.0 Å². The van der Waals surface area contributed by atoms with E-state index in [1.807, 2.05) is 0 Å². The van der Waals surface area contributed by atoms with E-state index in [9.17, 15) is 4.79 Å². The summed E-state index contributed by atoms with van der Waals surface area (Å²) < 4.78 is 0. The quantitative estimate of drug-likeness (QED) is 0.838. The molecule has 0 aliphatic carbocycles. The van der Waals surface area contributed by atoms with E-state index in [0.717, 1.165) is 6.42 Å². The highest BCUT2D eigenvalue weighted by Crippen LogP contribution is 2.02. The molecule has 0 aromatic carbocycles. The van der Waals surface area contributed by atoms with Crippen molar-refractivity contribution in [2.75, 3.05) is 6.54 Å². The zero-order valence-corrected chi connectivity index (χ0v) is 9.62. The van der Waals surface area contributed by atoms with Crippen molar-refractivity contribution < 1.29 is 4.79 Å². The van der Waals surface area contributed by atoms with Gasteiger partial charge in [0.25, 0.3) is 5.91 Å². The van der Waals surface area contributed by atoms with Gasteiger partial charge in [-0.15, -0.1) is 0 Å². The summed E-state index contributed by atoms with van der Waals surface area (Å²) in [6.45, 7) is 2.72. The van der Waals surface area contributed by atoms with Gasteiger partial charge in [-0.1, -0.05) is 22.9 Å². The standard InChI is InChI=1S/C10H13BrN2O/c1-2-9(11)7-13-10(14)8-3-5-12-6-4-8/h3-6,9H,2,7H2,1H3,(H,13,14). The fraction of sp³-hybridized carbons (Fsp3) is 0.400. The number of aromatic nitrogens is 1. The van der Waals surface area contributed by atoms with Crippen molar-refractivity contribution in [3.05, 3.63) is 30.1 Å². The van der Waals surface area contributed by atoms with Crippen LogP contribution < -0.4 is 5.32 Å². The van der Waals surface area contributed by atoms with Gasteiger partial charge >= 0.3 is 0 Å². The molecule has 1 atom stereocenters. The summed E-state index contributed by atoms with van der Waals surface area (Å²) in [6, 6.07) is 3.40. The fourth-order valence-corrected chi connectivity index (χ4v) is 1.12. The van der Waals surface area contributed by atoms with Crippen molar-refractivity contribution in [1.82, 2.24) is 10.3 Å². The largest absolute Gasteiger partial charge is 0.351 e. The van der Waals surface area contributed by atoms with Crippen LogP contribution in [-0.2, 0) is 0 Å². The van der Waals surface area contributed by atoms with Gasteiger partial charge in [-0.2, -0.15) is 0 Å². The van der Waals surface area contributed by atoms with Crippen LogP contribution in [0.3, 0.4) is 0 Å². The Morgan fingerprint density at radius 3 is 2.79 bits per heavy atom. The Labute approximate surface area is 92.1 Å². The minimum Gasteiger partial charge on any atom is -0.351 e. The van der Waals surface area contributed by atoms with Gasteiger partial charge in [0, 0.05) is 29.3 Å². The number of hydrogen-bond acceptors (Lipinski definition) is 2. The Kier molecular flexibility index (Phi) is 4.59. The van der Waals surface area contributed by atoms with Gasteiger partial charge in [0.2, 0.25) is 0 Å². The van der Waals surface area contributed by atoms with Gasteiger partial charge < -0.3 is 5.32 Å². The highest BCUT2D eigenvalue weighted by molar-refractivity contribution is 9.09. The first kappa shape index (κ1) is 11.2. The Morgan fingerprint density at radius 2 is 2.21 bits per heavy atom. The van der Waals surface area contributed by atoms with Gasteiger partial charge in [0.15, 0.2) is 0 Å². The zero-order chi connectivity index (χ0) is 10.4. The molecule has 1 unspecified atom stereocenters. The van der Waals surface area contributed by atoms with E-state index < -0.39 is 0 Å². The van der Waals surface area contributed by atoms with E-state index in [2.05, 4.69) is 33.2 Å².